The topological polar surface area (TPSA) is 12.0 Å². The Morgan fingerprint density at radius 2 is 1.89 bits per heavy atom. The lowest BCUT2D eigenvalue weighted by Crippen LogP contribution is -2.32. The number of hydrogen-bond donors (Lipinski definition) is 1. The van der Waals surface area contributed by atoms with E-state index in [-0.39, 0.29) is 12.5 Å². The third-order valence-corrected chi connectivity index (χ3v) is 3.96. The van der Waals surface area contributed by atoms with Crippen molar-refractivity contribution in [1.29, 1.82) is 0 Å². The molecule has 0 spiro atoms. The molecule has 1 nitrogen and oxygen atoms in total. The van der Waals surface area contributed by atoms with Crippen LogP contribution in [0.15, 0.2) is 29.2 Å². The number of rotatable bonds is 7. The second-order valence-electron chi connectivity index (χ2n) is 4.17. The van der Waals surface area contributed by atoms with Crippen LogP contribution >= 0.6 is 23.4 Å². The van der Waals surface area contributed by atoms with Crippen molar-refractivity contribution < 1.29 is 13.2 Å². The summed E-state index contributed by atoms with van der Waals surface area (Å²) >= 11 is 7.32. The SMILES string of the molecule is CCNC(CCC(F)(F)F)CSc1ccc(Cl)cc1. The van der Waals surface area contributed by atoms with Gasteiger partial charge in [0.1, 0.15) is 0 Å². The largest absolute Gasteiger partial charge is 0.389 e. The predicted molar refractivity (Wildman–Crippen MR) is 74.9 cm³/mol. The van der Waals surface area contributed by atoms with Gasteiger partial charge in [-0.1, -0.05) is 18.5 Å². The highest BCUT2D eigenvalue weighted by Crippen LogP contribution is 2.25. The monoisotopic (exact) mass is 311 g/mol. The Hall–Kier alpha value is -0.390. The summed E-state index contributed by atoms with van der Waals surface area (Å²) in [4.78, 5) is 1.01. The van der Waals surface area contributed by atoms with Gasteiger partial charge in [-0.2, -0.15) is 13.2 Å². The lowest BCUT2D eigenvalue weighted by Gasteiger charge is -2.18. The van der Waals surface area contributed by atoms with Gasteiger partial charge in [-0.25, -0.2) is 0 Å². The quantitative estimate of drug-likeness (QED) is 0.729. The van der Waals surface area contributed by atoms with Gasteiger partial charge in [0.05, 0.1) is 0 Å². The summed E-state index contributed by atoms with van der Waals surface area (Å²) < 4.78 is 36.6. The Labute approximate surface area is 120 Å². The molecule has 0 saturated carbocycles. The summed E-state index contributed by atoms with van der Waals surface area (Å²) in [5, 5.41) is 3.75. The maximum Gasteiger partial charge on any atom is 0.389 e. The van der Waals surface area contributed by atoms with Gasteiger partial charge in [0.15, 0.2) is 0 Å². The van der Waals surface area contributed by atoms with Gasteiger partial charge >= 0.3 is 6.18 Å². The summed E-state index contributed by atoms with van der Waals surface area (Å²) in [6, 6.07) is 7.18. The minimum atomic E-state index is -4.08. The molecule has 0 aliphatic carbocycles. The van der Waals surface area contributed by atoms with Crippen LogP contribution in [0.4, 0.5) is 13.2 Å². The second-order valence-corrected chi connectivity index (χ2v) is 5.70. The molecule has 0 radical (unpaired) electrons. The van der Waals surface area contributed by atoms with Crippen LogP contribution < -0.4 is 5.32 Å². The molecule has 108 valence electrons. The predicted octanol–water partition coefficient (Wildman–Crippen LogP) is 4.75. The number of benzene rings is 1. The van der Waals surface area contributed by atoms with E-state index in [1.54, 1.807) is 12.1 Å². The average Bonchev–Trinajstić information content (AvgIpc) is 2.34. The summed E-state index contributed by atoms with van der Waals surface area (Å²) in [5.41, 5.74) is 0. The van der Waals surface area contributed by atoms with E-state index in [2.05, 4.69) is 5.32 Å². The van der Waals surface area contributed by atoms with Crippen molar-refractivity contribution >= 4 is 23.4 Å². The minimum Gasteiger partial charge on any atom is -0.313 e. The fraction of sp³-hybridized carbons (Fsp3) is 0.538. The molecule has 0 fully saturated rings. The number of hydrogen-bond acceptors (Lipinski definition) is 2. The molecule has 1 aromatic rings. The van der Waals surface area contributed by atoms with Gasteiger partial charge in [-0.05, 0) is 37.2 Å². The van der Waals surface area contributed by atoms with Gasteiger partial charge < -0.3 is 5.32 Å². The van der Waals surface area contributed by atoms with E-state index in [0.29, 0.717) is 17.3 Å². The Kier molecular flexibility index (Phi) is 7.04. The Morgan fingerprint density at radius 1 is 1.26 bits per heavy atom. The maximum atomic E-state index is 12.2. The molecule has 0 amide bonds. The summed E-state index contributed by atoms with van der Waals surface area (Å²) in [6.07, 6.45) is -4.72. The van der Waals surface area contributed by atoms with E-state index in [0.717, 1.165) is 4.90 Å². The number of nitrogens with one attached hydrogen (secondary N) is 1. The zero-order valence-electron chi connectivity index (χ0n) is 10.6. The maximum absolute atomic E-state index is 12.2. The van der Waals surface area contributed by atoms with E-state index >= 15 is 0 Å². The van der Waals surface area contributed by atoms with Crippen molar-refractivity contribution in [1.82, 2.24) is 5.32 Å². The lowest BCUT2D eigenvalue weighted by molar-refractivity contribution is -0.136. The van der Waals surface area contributed by atoms with Crippen molar-refractivity contribution in [3.63, 3.8) is 0 Å². The van der Waals surface area contributed by atoms with E-state index in [1.807, 2.05) is 19.1 Å². The smallest absolute Gasteiger partial charge is 0.313 e. The summed E-state index contributed by atoms with van der Waals surface area (Å²) in [5.74, 6) is 0.617. The fourth-order valence-corrected chi connectivity index (χ4v) is 2.73. The highest BCUT2D eigenvalue weighted by Gasteiger charge is 2.28. The van der Waals surface area contributed by atoms with Gasteiger partial charge in [-0.15, -0.1) is 11.8 Å². The average molecular weight is 312 g/mol. The number of thioether (sulfide) groups is 1. The Morgan fingerprint density at radius 3 is 2.42 bits per heavy atom. The van der Waals surface area contributed by atoms with Crippen molar-refractivity contribution in [2.75, 3.05) is 12.3 Å². The van der Waals surface area contributed by atoms with Gasteiger partial charge in [0.25, 0.3) is 0 Å². The molecule has 1 N–H and O–H groups in total. The standard InChI is InChI=1S/C13H17ClF3NS/c1-2-18-11(7-8-13(15,16)17)9-19-12-5-3-10(14)4-6-12/h3-6,11,18H,2,7-9H2,1H3. The first kappa shape index (κ1) is 16.7. The molecule has 0 saturated heterocycles. The zero-order chi connectivity index (χ0) is 14.3. The first-order valence-electron chi connectivity index (χ1n) is 6.09. The van der Waals surface area contributed by atoms with E-state index in [1.165, 1.54) is 11.8 Å². The van der Waals surface area contributed by atoms with Crippen LogP contribution in [-0.2, 0) is 0 Å². The molecule has 1 unspecified atom stereocenters. The van der Waals surface area contributed by atoms with Crippen LogP contribution in [-0.4, -0.2) is 24.5 Å². The van der Waals surface area contributed by atoms with Gasteiger partial charge in [-0.3, -0.25) is 0 Å². The van der Waals surface area contributed by atoms with Gasteiger partial charge in [0, 0.05) is 28.1 Å². The molecule has 1 atom stereocenters. The van der Waals surface area contributed by atoms with Crippen LogP contribution in [0.1, 0.15) is 19.8 Å². The molecule has 19 heavy (non-hydrogen) atoms. The fourth-order valence-electron chi connectivity index (χ4n) is 1.60. The third kappa shape index (κ3) is 7.70. The molecule has 1 rings (SSSR count). The van der Waals surface area contributed by atoms with Crippen LogP contribution in [0.25, 0.3) is 0 Å². The molecule has 0 aliphatic heterocycles. The van der Waals surface area contributed by atoms with E-state index in [4.69, 9.17) is 11.6 Å². The van der Waals surface area contributed by atoms with Crippen LogP contribution in [0.5, 0.6) is 0 Å². The Bertz CT molecular complexity index is 367. The minimum absolute atomic E-state index is 0.109. The van der Waals surface area contributed by atoms with E-state index in [9.17, 15) is 13.2 Å². The molecule has 1 aromatic carbocycles. The lowest BCUT2D eigenvalue weighted by atomic mass is 10.2. The normalized spacial score (nSPS) is 13.5. The Balaban J connectivity index is 2.42. The van der Waals surface area contributed by atoms with Crippen molar-refractivity contribution in [3.8, 4) is 0 Å². The second kappa shape index (κ2) is 8.02. The van der Waals surface area contributed by atoms with Crippen LogP contribution in [0.2, 0.25) is 5.02 Å². The first-order chi connectivity index (χ1) is 8.90. The molecule has 0 aliphatic rings. The first-order valence-corrected chi connectivity index (χ1v) is 7.45. The molecule has 6 heteroatoms. The number of halogens is 4. The summed E-state index contributed by atoms with van der Waals surface area (Å²) in [7, 11) is 0. The van der Waals surface area contributed by atoms with Crippen molar-refractivity contribution in [3.05, 3.63) is 29.3 Å². The van der Waals surface area contributed by atoms with E-state index < -0.39 is 12.6 Å². The van der Waals surface area contributed by atoms with Gasteiger partial charge in [0.2, 0.25) is 0 Å². The number of alkyl halides is 3. The molecular formula is C13H17ClF3NS. The van der Waals surface area contributed by atoms with Crippen molar-refractivity contribution in [2.24, 2.45) is 0 Å². The highest BCUT2D eigenvalue weighted by atomic mass is 35.5. The summed E-state index contributed by atoms with van der Waals surface area (Å²) in [6.45, 7) is 2.57. The van der Waals surface area contributed by atoms with Crippen LogP contribution in [0, 0.1) is 0 Å². The molecule has 0 aromatic heterocycles. The molecule has 0 heterocycles. The zero-order valence-corrected chi connectivity index (χ0v) is 12.2. The third-order valence-electron chi connectivity index (χ3n) is 2.53. The highest BCUT2D eigenvalue weighted by molar-refractivity contribution is 7.99. The molecule has 0 bridgehead atoms. The van der Waals surface area contributed by atoms with Crippen molar-refractivity contribution in [2.45, 2.75) is 36.9 Å². The van der Waals surface area contributed by atoms with Crippen LogP contribution in [0.3, 0.4) is 0 Å². The molecular weight excluding hydrogens is 295 g/mol.